The predicted molar refractivity (Wildman–Crippen MR) is 93.4 cm³/mol. The van der Waals surface area contributed by atoms with Gasteiger partial charge in [-0.15, -0.1) is 0 Å². The van der Waals surface area contributed by atoms with Crippen molar-refractivity contribution in [2.75, 3.05) is 12.4 Å². The summed E-state index contributed by atoms with van der Waals surface area (Å²) in [5, 5.41) is 15.9. The maximum absolute atomic E-state index is 11.2. The van der Waals surface area contributed by atoms with E-state index in [1.807, 2.05) is 31.2 Å². The third-order valence-corrected chi connectivity index (χ3v) is 3.97. The second-order valence-electron chi connectivity index (χ2n) is 5.42. The molecular formula is C18H17N3O3. The number of nitrogens with one attached hydrogen (secondary N) is 1. The van der Waals surface area contributed by atoms with Crippen LogP contribution in [-0.2, 0) is 0 Å². The van der Waals surface area contributed by atoms with E-state index in [4.69, 9.17) is 4.74 Å². The van der Waals surface area contributed by atoms with Crippen LogP contribution in [0.5, 0.6) is 5.75 Å². The Morgan fingerprint density at radius 2 is 1.96 bits per heavy atom. The molecule has 6 nitrogen and oxygen atoms in total. The van der Waals surface area contributed by atoms with Crippen molar-refractivity contribution in [2.45, 2.75) is 13.0 Å². The van der Waals surface area contributed by atoms with Crippen LogP contribution in [0.2, 0.25) is 0 Å². The van der Waals surface area contributed by atoms with E-state index in [0.717, 1.165) is 22.4 Å². The van der Waals surface area contributed by atoms with Crippen LogP contribution in [0, 0.1) is 10.1 Å². The van der Waals surface area contributed by atoms with Gasteiger partial charge in [0.1, 0.15) is 5.75 Å². The minimum absolute atomic E-state index is 0.0287. The third-order valence-electron chi connectivity index (χ3n) is 3.97. The number of fused-ring (bicyclic) bond motifs is 1. The monoisotopic (exact) mass is 323 g/mol. The molecule has 2 aromatic carbocycles. The van der Waals surface area contributed by atoms with Gasteiger partial charge < -0.3 is 10.1 Å². The Kier molecular flexibility index (Phi) is 4.29. The van der Waals surface area contributed by atoms with E-state index in [9.17, 15) is 10.1 Å². The smallest absolute Gasteiger partial charge is 0.278 e. The first-order valence-electron chi connectivity index (χ1n) is 7.52. The number of benzene rings is 2. The fourth-order valence-corrected chi connectivity index (χ4v) is 2.80. The molecular weight excluding hydrogens is 306 g/mol. The van der Waals surface area contributed by atoms with E-state index in [1.165, 1.54) is 12.3 Å². The van der Waals surface area contributed by atoms with Gasteiger partial charge >= 0.3 is 0 Å². The zero-order chi connectivity index (χ0) is 17.1. The van der Waals surface area contributed by atoms with Crippen molar-refractivity contribution in [1.82, 2.24) is 4.98 Å². The van der Waals surface area contributed by atoms with E-state index in [0.29, 0.717) is 5.39 Å². The molecule has 0 radical (unpaired) electrons. The summed E-state index contributed by atoms with van der Waals surface area (Å²) in [6.45, 7) is 2.02. The number of anilines is 1. The summed E-state index contributed by atoms with van der Waals surface area (Å²) in [7, 11) is 1.64. The van der Waals surface area contributed by atoms with Gasteiger partial charge in [-0.05, 0) is 25.1 Å². The zero-order valence-corrected chi connectivity index (χ0v) is 13.4. The Hall–Kier alpha value is -3.15. The van der Waals surface area contributed by atoms with Gasteiger partial charge in [0, 0.05) is 35.1 Å². The quantitative estimate of drug-likeness (QED) is 0.559. The van der Waals surface area contributed by atoms with Crippen molar-refractivity contribution in [2.24, 2.45) is 0 Å². The summed E-state index contributed by atoms with van der Waals surface area (Å²) in [6.07, 6.45) is 3.15. The van der Waals surface area contributed by atoms with Crippen LogP contribution >= 0.6 is 0 Å². The van der Waals surface area contributed by atoms with E-state index < -0.39 is 4.92 Å². The largest absolute Gasteiger partial charge is 0.496 e. The first-order valence-corrected chi connectivity index (χ1v) is 7.52. The van der Waals surface area contributed by atoms with Crippen molar-refractivity contribution < 1.29 is 9.66 Å². The first-order chi connectivity index (χ1) is 11.6. The molecule has 1 atom stereocenters. The Bertz CT molecular complexity index is 896. The number of nitro benzene ring substituents is 1. The van der Waals surface area contributed by atoms with Gasteiger partial charge in [0.2, 0.25) is 0 Å². The molecule has 3 rings (SSSR count). The summed E-state index contributed by atoms with van der Waals surface area (Å²) in [5.41, 5.74) is 1.88. The van der Waals surface area contributed by atoms with Crippen molar-refractivity contribution >= 4 is 22.1 Å². The summed E-state index contributed by atoms with van der Waals surface area (Å²) in [5.74, 6) is 0.797. The van der Waals surface area contributed by atoms with Gasteiger partial charge in [0.15, 0.2) is 0 Å². The van der Waals surface area contributed by atoms with Crippen molar-refractivity contribution in [3.05, 3.63) is 70.5 Å². The highest BCUT2D eigenvalue weighted by Crippen LogP contribution is 2.34. The highest BCUT2D eigenvalue weighted by Gasteiger charge is 2.17. The SMILES string of the molecule is COc1ccccc1[C@H](C)Nc1ccc([N+](=O)[O-])c2cnccc12. The molecule has 1 heterocycles. The molecule has 3 aromatic rings. The molecule has 0 bridgehead atoms. The number of rotatable bonds is 5. The lowest BCUT2D eigenvalue weighted by atomic mass is 10.0. The third kappa shape index (κ3) is 2.86. The molecule has 0 unspecified atom stereocenters. The summed E-state index contributed by atoms with van der Waals surface area (Å²) in [4.78, 5) is 14.8. The van der Waals surface area contributed by atoms with Gasteiger partial charge in [-0.1, -0.05) is 18.2 Å². The van der Waals surface area contributed by atoms with Crippen LogP contribution in [0.15, 0.2) is 54.9 Å². The second kappa shape index (κ2) is 6.54. The van der Waals surface area contributed by atoms with Crippen molar-refractivity contribution in [3.8, 4) is 5.75 Å². The minimum Gasteiger partial charge on any atom is -0.496 e. The van der Waals surface area contributed by atoms with Gasteiger partial charge in [-0.2, -0.15) is 0 Å². The Morgan fingerprint density at radius 1 is 1.17 bits per heavy atom. The van der Waals surface area contributed by atoms with Crippen LogP contribution in [0.3, 0.4) is 0 Å². The van der Waals surface area contributed by atoms with E-state index in [1.54, 1.807) is 25.4 Å². The molecule has 0 aliphatic carbocycles. The molecule has 0 saturated carbocycles. The average Bonchev–Trinajstić information content (AvgIpc) is 2.61. The topological polar surface area (TPSA) is 77.3 Å². The molecule has 0 aliphatic heterocycles. The lowest BCUT2D eigenvalue weighted by Gasteiger charge is -2.19. The van der Waals surface area contributed by atoms with Gasteiger partial charge in [-0.25, -0.2) is 0 Å². The van der Waals surface area contributed by atoms with Gasteiger partial charge in [0.05, 0.1) is 23.5 Å². The maximum atomic E-state index is 11.2. The number of para-hydroxylation sites is 1. The normalized spacial score (nSPS) is 11.9. The van der Waals surface area contributed by atoms with Crippen LogP contribution < -0.4 is 10.1 Å². The molecule has 1 aromatic heterocycles. The minimum atomic E-state index is -0.391. The lowest BCUT2D eigenvalue weighted by molar-refractivity contribution is -0.383. The maximum Gasteiger partial charge on any atom is 0.278 e. The molecule has 0 spiro atoms. The number of hydrogen-bond donors (Lipinski definition) is 1. The highest BCUT2D eigenvalue weighted by molar-refractivity contribution is 5.99. The number of aromatic nitrogens is 1. The Labute approximate surface area is 139 Å². The number of pyridine rings is 1. The number of nitro groups is 1. The van der Waals surface area contributed by atoms with E-state index in [-0.39, 0.29) is 11.7 Å². The van der Waals surface area contributed by atoms with Crippen LogP contribution in [0.25, 0.3) is 10.8 Å². The second-order valence-corrected chi connectivity index (χ2v) is 5.42. The Balaban J connectivity index is 2.02. The molecule has 0 amide bonds. The molecule has 0 aliphatic rings. The lowest BCUT2D eigenvalue weighted by Crippen LogP contribution is -2.08. The van der Waals surface area contributed by atoms with Gasteiger partial charge in [-0.3, -0.25) is 15.1 Å². The molecule has 1 N–H and O–H groups in total. The van der Waals surface area contributed by atoms with Crippen LogP contribution in [0.4, 0.5) is 11.4 Å². The first kappa shape index (κ1) is 15.7. The highest BCUT2D eigenvalue weighted by atomic mass is 16.6. The van der Waals surface area contributed by atoms with Crippen LogP contribution in [-0.4, -0.2) is 17.0 Å². The number of hydrogen-bond acceptors (Lipinski definition) is 5. The molecule has 122 valence electrons. The molecule has 0 fully saturated rings. The summed E-state index contributed by atoms with van der Waals surface area (Å²) < 4.78 is 5.40. The number of nitrogens with zero attached hydrogens (tertiary/aromatic N) is 2. The number of methoxy groups -OCH3 is 1. The van der Waals surface area contributed by atoms with Crippen molar-refractivity contribution in [3.63, 3.8) is 0 Å². The number of non-ortho nitro benzene ring substituents is 1. The molecule has 6 heteroatoms. The summed E-state index contributed by atoms with van der Waals surface area (Å²) in [6, 6.07) is 12.7. The Morgan fingerprint density at radius 3 is 2.71 bits per heavy atom. The van der Waals surface area contributed by atoms with Crippen LogP contribution in [0.1, 0.15) is 18.5 Å². The predicted octanol–water partition coefficient (Wildman–Crippen LogP) is 4.32. The standard InChI is InChI=1S/C18H17N3O3/c1-12(13-5-3-4-6-18(13)24-2)20-16-7-8-17(21(22)23)15-11-19-10-9-14(15)16/h3-12,20H,1-2H3/t12-/m0/s1. The number of ether oxygens (including phenoxy) is 1. The zero-order valence-electron chi connectivity index (χ0n) is 13.4. The van der Waals surface area contributed by atoms with Gasteiger partial charge in [0.25, 0.3) is 5.69 Å². The van der Waals surface area contributed by atoms with Crippen molar-refractivity contribution in [1.29, 1.82) is 0 Å². The molecule has 24 heavy (non-hydrogen) atoms. The summed E-state index contributed by atoms with van der Waals surface area (Å²) >= 11 is 0. The fourth-order valence-electron chi connectivity index (χ4n) is 2.80. The average molecular weight is 323 g/mol. The molecule has 0 saturated heterocycles. The van der Waals surface area contributed by atoms with E-state index >= 15 is 0 Å². The fraction of sp³-hybridized carbons (Fsp3) is 0.167. The van der Waals surface area contributed by atoms with E-state index in [2.05, 4.69) is 10.3 Å².